The van der Waals surface area contributed by atoms with Crippen LogP contribution in [0.3, 0.4) is 0 Å². The molecule has 2 heterocycles. The van der Waals surface area contributed by atoms with Crippen LogP contribution >= 0.6 is 0 Å². The van der Waals surface area contributed by atoms with Crippen molar-refractivity contribution < 1.29 is 4.79 Å². The fourth-order valence-electron chi connectivity index (χ4n) is 1.73. The SMILES string of the molecule is C[C@H](NC(=O)c1cn(CCN)cn1)c1ccccn1. The van der Waals surface area contributed by atoms with Gasteiger partial charge < -0.3 is 15.6 Å². The third-order valence-electron chi connectivity index (χ3n) is 2.73. The molecule has 100 valence electrons. The predicted molar refractivity (Wildman–Crippen MR) is 71.4 cm³/mol. The highest BCUT2D eigenvalue weighted by Crippen LogP contribution is 2.09. The van der Waals surface area contributed by atoms with E-state index in [-0.39, 0.29) is 11.9 Å². The second kappa shape index (κ2) is 6.10. The second-order valence-electron chi connectivity index (χ2n) is 4.24. The number of hydrogen-bond donors (Lipinski definition) is 2. The summed E-state index contributed by atoms with van der Waals surface area (Å²) in [5.41, 5.74) is 6.65. The zero-order valence-electron chi connectivity index (χ0n) is 10.8. The average Bonchev–Trinajstić information content (AvgIpc) is 2.89. The van der Waals surface area contributed by atoms with Gasteiger partial charge in [-0.2, -0.15) is 0 Å². The minimum absolute atomic E-state index is 0.159. The number of pyridine rings is 1. The highest BCUT2D eigenvalue weighted by Gasteiger charge is 2.14. The molecule has 0 aliphatic carbocycles. The Hall–Kier alpha value is -2.21. The zero-order chi connectivity index (χ0) is 13.7. The van der Waals surface area contributed by atoms with Crippen LogP contribution < -0.4 is 11.1 Å². The predicted octanol–water partition coefficient (Wildman–Crippen LogP) is 0.728. The summed E-state index contributed by atoms with van der Waals surface area (Å²) < 4.78 is 1.79. The fourth-order valence-corrected chi connectivity index (χ4v) is 1.73. The lowest BCUT2D eigenvalue weighted by atomic mass is 10.2. The zero-order valence-corrected chi connectivity index (χ0v) is 10.8. The van der Waals surface area contributed by atoms with Gasteiger partial charge in [-0.25, -0.2) is 4.98 Å². The Bertz CT molecular complexity index is 537. The Morgan fingerprint density at radius 1 is 1.47 bits per heavy atom. The van der Waals surface area contributed by atoms with Gasteiger partial charge in [-0.1, -0.05) is 6.07 Å². The molecule has 6 heteroatoms. The molecule has 0 radical (unpaired) electrons. The van der Waals surface area contributed by atoms with Crippen molar-refractivity contribution in [1.29, 1.82) is 0 Å². The van der Waals surface area contributed by atoms with E-state index in [0.29, 0.717) is 18.8 Å². The molecule has 0 unspecified atom stereocenters. The first-order valence-corrected chi connectivity index (χ1v) is 6.14. The smallest absolute Gasteiger partial charge is 0.271 e. The van der Waals surface area contributed by atoms with Gasteiger partial charge in [-0.15, -0.1) is 0 Å². The van der Waals surface area contributed by atoms with Crippen molar-refractivity contribution in [3.8, 4) is 0 Å². The van der Waals surface area contributed by atoms with Crippen molar-refractivity contribution >= 4 is 5.91 Å². The molecule has 6 nitrogen and oxygen atoms in total. The maximum Gasteiger partial charge on any atom is 0.271 e. The lowest BCUT2D eigenvalue weighted by Crippen LogP contribution is -2.27. The largest absolute Gasteiger partial charge is 0.343 e. The summed E-state index contributed by atoms with van der Waals surface area (Å²) in [6.45, 7) is 3.05. The summed E-state index contributed by atoms with van der Waals surface area (Å²) in [7, 11) is 0. The van der Waals surface area contributed by atoms with Gasteiger partial charge in [0.05, 0.1) is 18.1 Å². The van der Waals surface area contributed by atoms with E-state index in [9.17, 15) is 4.79 Å². The number of imidazole rings is 1. The highest BCUT2D eigenvalue weighted by atomic mass is 16.2. The summed E-state index contributed by atoms with van der Waals surface area (Å²) >= 11 is 0. The van der Waals surface area contributed by atoms with Crippen LogP contribution in [0, 0.1) is 0 Å². The Morgan fingerprint density at radius 2 is 2.32 bits per heavy atom. The highest BCUT2D eigenvalue weighted by molar-refractivity contribution is 5.92. The molecule has 0 saturated heterocycles. The topological polar surface area (TPSA) is 85.8 Å². The first-order valence-electron chi connectivity index (χ1n) is 6.14. The Labute approximate surface area is 111 Å². The van der Waals surface area contributed by atoms with Gasteiger partial charge in [-0.05, 0) is 19.1 Å². The molecule has 0 aromatic carbocycles. The Balaban J connectivity index is 2.00. The van der Waals surface area contributed by atoms with E-state index < -0.39 is 0 Å². The molecule has 2 rings (SSSR count). The van der Waals surface area contributed by atoms with Gasteiger partial charge in [-0.3, -0.25) is 9.78 Å². The maximum absolute atomic E-state index is 12.0. The van der Waals surface area contributed by atoms with Crippen LogP contribution in [0.4, 0.5) is 0 Å². The van der Waals surface area contributed by atoms with Crippen LogP contribution in [0.25, 0.3) is 0 Å². The van der Waals surface area contributed by atoms with E-state index >= 15 is 0 Å². The summed E-state index contributed by atoms with van der Waals surface area (Å²) in [6, 6.07) is 5.44. The quantitative estimate of drug-likeness (QED) is 0.828. The monoisotopic (exact) mass is 259 g/mol. The van der Waals surface area contributed by atoms with Gasteiger partial charge in [0.15, 0.2) is 0 Å². The number of nitrogens with zero attached hydrogens (tertiary/aromatic N) is 3. The minimum atomic E-state index is -0.214. The van der Waals surface area contributed by atoms with Crippen molar-refractivity contribution in [1.82, 2.24) is 19.9 Å². The van der Waals surface area contributed by atoms with Gasteiger partial charge in [0.25, 0.3) is 5.91 Å². The van der Waals surface area contributed by atoms with Crippen LogP contribution in [0.2, 0.25) is 0 Å². The van der Waals surface area contributed by atoms with Crippen LogP contribution in [-0.4, -0.2) is 27.0 Å². The molecule has 0 bridgehead atoms. The van der Waals surface area contributed by atoms with Crippen molar-refractivity contribution in [3.63, 3.8) is 0 Å². The first-order chi connectivity index (χ1) is 9.20. The fraction of sp³-hybridized carbons (Fsp3) is 0.308. The molecule has 0 fully saturated rings. The molecule has 0 aliphatic heterocycles. The van der Waals surface area contributed by atoms with Gasteiger partial charge >= 0.3 is 0 Å². The van der Waals surface area contributed by atoms with Crippen molar-refractivity contribution in [2.24, 2.45) is 5.73 Å². The van der Waals surface area contributed by atoms with Crippen molar-refractivity contribution in [3.05, 3.63) is 48.3 Å². The summed E-state index contributed by atoms with van der Waals surface area (Å²) in [5.74, 6) is -0.214. The lowest BCUT2D eigenvalue weighted by molar-refractivity contribution is 0.0934. The molecule has 0 spiro atoms. The van der Waals surface area contributed by atoms with E-state index in [4.69, 9.17) is 5.73 Å². The standard InChI is InChI=1S/C13H17N5O/c1-10(11-4-2-3-6-15-11)17-13(19)12-8-18(7-5-14)9-16-12/h2-4,6,8-10H,5,7,14H2,1H3,(H,17,19)/t10-/m0/s1. The number of rotatable bonds is 5. The third kappa shape index (κ3) is 3.38. The van der Waals surface area contributed by atoms with Gasteiger partial charge in [0, 0.05) is 25.5 Å². The number of nitrogens with two attached hydrogens (primary N) is 1. The van der Waals surface area contributed by atoms with E-state index in [1.165, 1.54) is 0 Å². The van der Waals surface area contributed by atoms with E-state index in [2.05, 4.69) is 15.3 Å². The maximum atomic E-state index is 12.0. The summed E-state index contributed by atoms with van der Waals surface area (Å²) in [5, 5.41) is 2.86. The molecule has 1 amide bonds. The van der Waals surface area contributed by atoms with Crippen LogP contribution in [0.1, 0.15) is 29.1 Å². The number of aromatic nitrogens is 3. The molecule has 3 N–H and O–H groups in total. The normalized spacial score (nSPS) is 12.1. The van der Waals surface area contributed by atoms with Crippen molar-refractivity contribution in [2.45, 2.75) is 19.5 Å². The van der Waals surface area contributed by atoms with Crippen LogP contribution in [0.15, 0.2) is 36.9 Å². The Morgan fingerprint density at radius 3 is 3.00 bits per heavy atom. The van der Waals surface area contributed by atoms with Gasteiger partial charge in [0.2, 0.25) is 0 Å². The molecule has 0 aliphatic rings. The minimum Gasteiger partial charge on any atom is -0.343 e. The molecule has 1 atom stereocenters. The number of carbonyl (C=O) groups excluding carboxylic acids is 1. The van der Waals surface area contributed by atoms with Gasteiger partial charge in [0.1, 0.15) is 5.69 Å². The second-order valence-corrected chi connectivity index (χ2v) is 4.24. The van der Waals surface area contributed by atoms with Crippen molar-refractivity contribution in [2.75, 3.05) is 6.54 Å². The first kappa shape index (κ1) is 13.2. The van der Waals surface area contributed by atoms with Crippen LogP contribution in [-0.2, 0) is 6.54 Å². The number of carbonyl (C=O) groups is 1. The van der Waals surface area contributed by atoms with E-state index in [0.717, 1.165) is 5.69 Å². The summed E-state index contributed by atoms with van der Waals surface area (Å²) in [4.78, 5) is 20.3. The molecule has 2 aromatic heterocycles. The number of nitrogens with one attached hydrogen (secondary N) is 1. The summed E-state index contributed by atoms with van der Waals surface area (Å²) in [6.07, 6.45) is 4.99. The molecular weight excluding hydrogens is 242 g/mol. The van der Waals surface area contributed by atoms with E-state index in [1.54, 1.807) is 23.3 Å². The Kier molecular flexibility index (Phi) is 4.25. The molecule has 19 heavy (non-hydrogen) atoms. The van der Waals surface area contributed by atoms with E-state index in [1.807, 2.05) is 25.1 Å². The third-order valence-corrected chi connectivity index (χ3v) is 2.73. The molecule has 0 saturated carbocycles. The molecule has 2 aromatic rings. The average molecular weight is 259 g/mol. The number of amides is 1. The lowest BCUT2D eigenvalue weighted by Gasteiger charge is -2.11. The number of hydrogen-bond acceptors (Lipinski definition) is 4. The van der Waals surface area contributed by atoms with Crippen LogP contribution in [0.5, 0.6) is 0 Å². The molecular formula is C13H17N5O.